The summed E-state index contributed by atoms with van der Waals surface area (Å²) in [7, 11) is 0. The highest BCUT2D eigenvalue weighted by molar-refractivity contribution is 5.73. The summed E-state index contributed by atoms with van der Waals surface area (Å²) in [6.07, 6.45) is -0.861. The van der Waals surface area contributed by atoms with E-state index in [4.69, 9.17) is 9.15 Å². The van der Waals surface area contributed by atoms with Gasteiger partial charge in [-0.2, -0.15) is 0 Å². The van der Waals surface area contributed by atoms with Crippen molar-refractivity contribution in [3.05, 3.63) is 54.0 Å². The molecular formula is C16H20N2O4. The van der Waals surface area contributed by atoms with Crippen LogP contribution in [-0.2, 0) is 0 Å². The third-order valence-corrected chi connectivity index (χ3v) is 2.95. The zero-order valence-electron chi connectivity index (χ0n) is 12.4. The minimum absolute atomic E-state index is 0.0817. The van der Waals surface area contributed by atoms with Crippen LogP contribution in [0.1, 0.15) is 17.6 Å². The van der Waals surface area contributed by atoms with E-state index in [2.05, 4.69) is 10.6 Å². The van der Waals surface area contributed by atoms with Crippen LogP contribution in [0.3, 0.4) is 0 Å². The van der Waals surface area contributed by atoms with Gasteiger partial charge in [-0.05, 0) is 31.2 Å². The molecule has 1 heterocycles. The molecule has 118 valence electrons. The van der Waals surface area contributed by atoms with E-state index in [-0.39, 0.29) is 12.6 Å². The van der Waals surface area contributed by atoms with Crippen LogP contribution >= 0.6 is 0 Å². The lowest BCUT2D eigenvalue weighted by molar-refractivity contribution is 0.146. The fourth-order valence-corrected chi connectivity index (χ4v) is 1.84. The number of urea groups is 1. The Labute approximate surface area is 129 Å². The molecule has 0 spiro atoms. The molecule has 2 amide bonds. The largest absolute Gasteiger partial charge is 0.492 e. The predicted molar refractivity (Wildman–Crippen MR) is 81.7 cm³/mol. The lowest BCUT2D eigenvalue weighted by Gasteiger charge is -2.11. The summed E-state index contributed by atoms with van der Waals surface area (Å²) < 4.78 is 10.7. The second kappa shape index (κ2) is 8.09. The third-order valence-electron chi connectivity index (χ3n) is 2.95. The van der Waals surface area contributed by atoms with Gasteiger partial charge in [0.1, 0.15) is 30.0 Å². The predicted octanol–water partition coefficient (Wildman–Crippen LogP) is 2.00. The average molecular weight is 304 g/mol. The van der Waals surface area contributed by atoms with Gasteiger partial charge < -0.3 is 24.9 Å². The first-order chi connectivity index (χ1) is 10.6. The molecule has 0 bridgehead atoms. The van der Waals surface area contributed by atoms with E-state index in [1.54, 1.807) is 19.1 Å². The van der Waals surface area contributed by atoms with Gasteiger partial charge in [0.2, 0.25) is 0 Å². The highest BCUT2D eigenvalue weighted by Gasteiger charge is 2.12. The monoisotopic (exact) mass is 304 g/mol. The summed E-state index contributed by atoms with van der Waals surface area (Å²) in [5, 5.41) is 15.1. The second-order valence-electron chi connectivity index (χ2n) is 4.76. The lowest BCUT2D eigenvalue weighted by Crippen LogP contribution is -2.39. The van der Waals surface area contributed by atoms with Crippen molar-refractivity contribution in [2.24, 2.45) is 0 Å². The molecule has 0 saturated heterocycles. The molecule has 1 atom stereocenters. The number of aliphatic hydroxyl groups excluding tert-OH is 1. The van der Waals surface area contributed by atoms with E-state index in [9.17, 15) is 9.90 Å². The maximum absolute atomic E-state index is 11.6. The molecule has 0 aliphatic heterocycles. The van der Waals surface area contributed by atoms with Gasteiger partial charge in [-0.25, -0.2) is 4.79 Å². The van der Waals surface area contributed by atoms with Gasteiger partial charge in [-0.15, -0.1) is 0 Å². The van der Waals surface area contributed by atoms with Crippen molar-refractivity contribution in [2.45, 2.75) is 13.0 Å². The molecule has 2 rings (SSSR count). The topological polar surface area (TPSA) is 83.7 Å². The quantitative estimate of drug-likeness (QED) is 0.683. The second-order valence-corrected chi connectivity index (χ2v) is 4.76. The molecule has 1 unspecified atom stereocenters. The first-order valence-electron chi connectivity index (χ1n) is 7.09. The number of rotatable bonds is 7. The number of ether oxygens (including phenoxy) is 1. The van der Waals surface area contributed by atoms with Crippen LogP contribution in [-0.4, -0.2) is 30.8 Å². The van der Waals surface area contributed by atoms with Crippen LogP contribution in [0.5, 0.6) is 5.75 Å². The number of aryl methyl sites for hydroxylation is 1. The molecule has 0 aliphatic rings. The van der Waals surface area contributed by atoms with Gasteiger partial charge in [0.15, 0.2) is 0 Å². The number of benzene rings is 1. The number of hydrogen-bond acceptors (Lipinski definition) is 4. The molecule has 2 aromatic rings. The van der Waals surface area contributed by atoms with Crippen molar-refractivity contribution in [1.82, 2.24) is 10.6 Å². The van der Waals surface area contributed by atoms with Crippen molar-refractivity contribution in [1.29, 1.82) is 0 Å². The number of para-hydroxylation sites is 1. The zero-order chi connectivity index (χ0) is 15.8. The molecule has 1 aromatic carbocycles. The van der Waals surface area contributed by atoms with E-state index in [1.807, 2.05) is 30.3 Å². The van der Waals surface area contributed by atoms with Crippen LogP contribution in [0, 0.1) is 6.92 Å². The summed E-state index contributed by atoms with van der Waals surface area (Å²) in [4.78, 5) is 11.6. The van der Waals surface area contributed by atoms with Gasteiger partial charge in [-0.1, -0.05) is 18.2 Å². The Morgan fingerprint density at radius 2 is 2.00 bits per heavy atom. The molecule has 0 aliphatic carbocycles. The molecule has 0 saturated carbocycles. The Kier molecular flexibility index (Phi) is 5.85. The van der Waals surface area contributed by atoms with Gasteiger partial charge >= 0.3 is 6.03 Å². The summed E-state index contributed by atoms with van der Waals surface area (Å²) in [5.74, 6) is 1.91. The SMILES string of the molecule is Cc1ccc(C(O)CNC(=O)NCCOc2ccccc2)o1. The van der Waals surface area contributed by atoms with Crippen molar-refractivity contribution < 1.29 is 19.1 Å². The number of carbonyl (C=O) groups excluding carboxylic acids is 1. The maximum atomic E-state index is 11.6. The summed E-state index contributed by atoms with van der Waals surface area (Å²) in [6, 6.07) is 12.5. The fourth-order valence-electron chi connectivity index (χ4n) is 1.84. The molecule has 1 aromatic heterocycles. The smallest absolute Gasteiger partial charge is 0.315 e. The van der Waals surface area contributed by atoms with Crippen molar-refractivity contribution in [3.63, 3.8) is 0 Å². The Morgan fingerprint density at radius 3 is 2.68 bits per heavy atom. The van der Waals surface area contributed by atoms with Crippen LogP contribution in [0.2, 0.25) is 0 Å². The summed E-state index contributed by atoms with van der Waals surface area (Å²) in [5.41, 5.74) is 0. The highest BCUT2D eigenvalue weighted by atomic mass is 16.5. The van der Waals surface area contributed by atoms with Crippen LogP contribution in [0.4, 0.5) is 4.79 Å². The summed E-state index contributed by atoms with van der Waals surface area (Å²) in [6.45, 7) is 2.62. The van der Waals surface area contributed by atoms with E-state index in [0.29, 0.717) is 18.9 Å². The first kappa shape index (κ1) is 15.9. The van der Waals surface area contributed by atoms with Gasteiger partial charge in [0.25, 0.3) is 0 Å². The Balaban J connectivity index is 1.60. The fraction of sp³-hybridized carbons (Fsp3) is 0.312. The number of hydrogen-bond donors (Lipinski definition) is 3. The minimum atomic E-state index is -0.861. The average Bonchev–Trinajstić information content (AvgIpc) is 2.97. The van der Waals surface area contributed by atoms with Crippen molar-refractivity contribution in [3.8, 4) is 5.75 Å². The number of amides is 2. The first-order valence-corrected chi connectivity index (χ1v) is 7.09. The van der Waals surface area contributed by atoms with Gasteiger partial charge in [0.05, 0.1) is 13.1 Å². The minimum Gasteiger partial charge on any atom is -0.492 e. The van der Waals surface area contributed by atoms with E-state index in [1.165, 1.54) is 0 Å². The highest BCUT2D eigenvalue weighted by Crippen LogP contribution is 2.14. The van der Waals surface area contributed by atoms with Crippen LogP contribution in [0.25, 0.3) is 0 Å². The molecule has 22 heavy (non-hydrogen) atoms. The molecule has 0 radical (unpaired) electrons. The Hall–Kier alpha value is -2.47. The van der Waals surface area contributed by atoms with Gasteiger partial charge in [-0.3, -0.25) is 0 Å². The molecule has 6 nitrogen and oxygen atoms in total. The zero-order valence-corrected chi connectivity index (χ0v) is 12.4. The maximum Gasteiger partial charge on any atom is 0.315 e. The van der Waals surface area contributed by atoms with Crippen LogP contribution < -0.4 is 15.4 Å². The Bertz CT molecular complexity index is 583. The van der Waals surface area contributed by atoms with E-state index in [0.717, 1.165) is 11.5 Å². The number of aliphatic hydroxyl groups is 1. The summed E-state index contributed by atoms with van der Waals surface area (Å²) >= 11 is 0. The number of furan rings is 1. The molecule has 3 N–H and O–H groups in total. The van der Waals surface area contributed by atoms with Crippen molar-refractivity contribution in [2.75, 3.05) is 19.7 Å². The van der Waals surface area contributed by atoms with Crippen molar-refractivity contribution >= 4 is 6.03 Å². The Morgan fingerprint density at radius 1 is 1.23 bits per heavy atom. The van der Waals surface area contributed by atoms with E-state index < -0.39 is 6.10 Å². The van der Waals surface area contributed by atoms with Gasteiger partial charge in [0, 0.05) is 0 Å². The lowest BCUT2D eigenvalue weighted by atomic mass is 10.3. The molecule has 6 heteroatoms. The normalized spacial score (nSPS) is 11.7. The van der Waals surface area contributed by atoms with E-state index >= 15 is 0 Å². The number of nitrogens with one attached hydrogen (secondary N) is 2. The molecule has 0 fully saturated rings. The third kappa shape index (κ3) is 5.14. The standard InChI is InChI=1S/C16H20N2O4/c1-12-7-8-15(22-12)14(19)11-18-16(20)17-9-10-21-13-5-3-2-4-6-13/h2-8,14,19H,9-11H2,1H3,(H2,17,18,20). The van der Waals surface area contributed by atoms with Crippen LogP contribution in [0.15, 0.2) is 46.9 Å². The molecular weight excluding hydrogens is 284 g/mol. The number of carbonyl (C=O) groups is 1.